The quantitative estimate of drug-likeness (QED) is 0.348. The van der Waals surface area contributed by atoms with Crippen molar-refractivity contribution in [3.63, 3.8) is 0 Å². The molecule has 0 fully saturated rings. The van der Waals surface area contributed by atoms with E-state index in [9.17, 15) is 16.8 Å². The van der Waals surface area contributed by atoms with Crippen LogP contribution in [-0.2, 0) is 26.6 Å². The molecule has 0 spiro atoms. The molecule has 12 heteroatoms. The molecule has 1 atom stereocenters. The summed E-state index contributed by atoms with van der Waals surface area (Å²) in [6, 6.07) is 18.3. The molecule has 0 unspecified atom stereocenters. The molecule has 0 amide bonds. The monoisotopic (exact) mass is 515 g/mol. The molecule has 0 saturated carbocycles. The van der Waals surface area contributed by atoms with E-state index in [2.05, 4.69) is 19.6 Å². The lowest BCUT2D eigenvalue weighted by Crippen LogP contribution is -2.29. The van der Waals surface area contributed by atoms with Crippen LogP contribution in [0, 0.1) is 0 Å². The first kappa shape index (κ1) is 24.6. The van der Waals surface area contributed by atoms with Crippen LogP contribution < -0.4 is 14.2 Å². The van der Waals surface area contributed by atoms with E-state index >= 15 is 0 Å². The first-order valence-electron chi connectivity index (χ1n) is 10.8. The number of hydrogen-bond donors (Lipinski definition) is 2. The fraction of sp³-hybridized carbons (Fsp3) is 0.217. The van der Waals surface area contributed by atoms with Crippen molar-refractivity contribution < 1.29 is 21.6 Å². The van der Waals surface area contributed by atoms with Gasteiger partial charge in [-0.25, -0.2) is 21.6 Å². The fourth-order valence-electron chi connectivity index (χ4n) is 3.62. The maximum atomic E-state index is 13.1. The molecule has 1 aromatic heterocycles. The minimum atomic E-state index is -3.83. The van der Waals surface area contributed by atoms with Crippen molar-refractivity contribution in [2.75, 3.05) is 11.0 Å². The SMILES string of the molecule is CCn1c(Oc2cccc(NS(C)(=O)=O)c2)nnc1[C@@H](C)NS(=O)(=O)c1ccc2ccccc2c1. The second-order valence-electron chi connectivity index (χ2n) is 7.94. The van der Waals surface area contributed by atoms with E-state index in [1.807, 2.05) is 31.2 Å². The second kappa shape index (κ2) is 9.64. The van der Waals surface area contributed by atoms with Gasteiger partial charge in [0, 0.05) is 12.6 Å². The van der Waals surface area contributed by atoms with E-state index in [1.54, 1.807) is 47.9 Å². The summed E-state index contributed by atoms with van der Waals surface area (Å²) in [5.74, 6) is 0.717. The second-order valence-corrected chi connectivity index (χ2v) is 11.4. The molecule has 4 rings (SSSR count). The number of hydrogen-bond acceptors (Lipinski definition) is 7. The molecule has 0 radical (unpaired) electrons. The summed E-state index contributed by atoms with van der Waals surface area (Å²) in [5, 5.41) is 9.98. The minimum absolute atomic E-state index is 0.149. The Bertz CT molecular complexity index is 1580. The smallest absolute Gasteiger partial charge is 0.322 e. The van der Waals surface area contributed by atoms with Gasteiger partial charge < -0.3 is 4.74 Å². The Kier molecular flexibility index (Phi) is 6.79. The van der Waals surface area contributed by atoms with Gasteiger partial charge in [-0.2, -0.15) is 0 Å². The molecule has 0 bridgehead atoms. The van der Waals surface area contributed by atoms with Crippen molar-refractivity contribution in [2.24, 2.45) is 0 Å². The first-order chi connectivity index (χ1) is 16.6. The molecule has 0 aliphatic heterocycles. The van der Waals surface area contributed by atoms with Crippen molar-refractivity contribution in [1.82, 2.24) is 19.5 Å². The zero-order chi connectivity index (χ0) is 25.2. The summed E-state index contributed by atoms with van der Waals surface area (Å²) in [5.41, 5.74) is 0.337. The van der Waals surface area contributed by atoms with E-state index in [-0.39, 0.29) is 10.9 Å². The summed E-state index contributed by atoms with van der Waals surface area (Å²) in [4.78, 5) is 0.150. The van der Waals surface area contributed by atoms with Gasteiger partial charge in [0.25, 0.3) is 0 Å². The molecular formula is C23H25N5O5S2. The Balaban J connectivity index is 1.56. The van der Waals surface area contributed by atoms with Crippen LogP contribution in [0.5, 0.6) is 11.8 Å². The van der Waals surface area contributed by atoms with E-state index in [0.29, 0.717) is 23.8 Å². The summed E-state index contributed by atoms with van der Waals surface area (Å²) in [7, 11) is -7.28. The van der Waals surface area contributed by atoms with Gasteiger partial charge in [-0.1, -0.05) is 41.5 Å². The molecule has 10 nitrogen and oxygen atoms in total. The predicted octanol–water partition coefficient (Wildman–Crippen LogP) is 3.65. The molecule has 35 heavy (non-hydrogen) atoms. The number of fused-ring (bicyclic) bond motifs is 1. The zero-order valence-electron chi connectivity index (χ0n) is 19.3. The van der Waals surface area contributed by atoms with Gasteiger partial charge in [0.2, 0.25) is 20.0 Å². The van der Waals surface area contributed by atoms with Crippen LogP contribution in [0.3, 0.4) is 0 Å². The van der Waals surface area contributed by atoms with Gasteiger partial charge in [-0.05, 0) is 48.9 Å². The molecule has 0 saturated heterocycles. The largest absolute Gasteiger partial charge is 0.424 e. The third-order valence-electron chi connectivity index (χ3n) is 5.16. The third kappa shape index (κ3) is 5.78. The minimum Gasteiger partial charge on any atom is -0.424 e. The third-order valence-corrected chi connectivity index (χ3v) is 7.30. The van der Waals surface area contributed by atoms with Gasteiger partial charge >= 0.3 is 6.01 Å². The van der Waals surface area contributed by atoms with Gasteiger partial charge in [-0.3, -0.25) is 9.29 Å². The van der Waals surface area contributed by atoms with Crippen LogP contribution in [0.4, 0.5) is 5.69 Å². The molecule has 0 aliphatic carbocycles. The first-order valence-corrected chi connectivity index (χ1v) is 14.1. The van der Waals surface area contributed by atoms with Crippen LogP contribution in [0.1, 0.15) is 25.7 Å². The molecule has 1 heterocycles. The average Bonchev–Trinajstić information content (AvgIpc) is 3.20. The summed E-state index contributed by atoms with van der Waals surface area (Å²) < 4.78 is 61.6. The van der Waals surface area contributed by atoms with Crippen LogP contribution >= 0.6 is 0 Å². The highest BCUT2D eigenvalue weighted by molar-refractivity contribution is 7.92. The lowest BCUT2D eigenvalue weighted by molar-refractivity contribution is 0.408. The number of rotatable bonds is 9. The van der Waals surface area contributed by atoms with Crippen LogP contribution in [0.2, 0.25) is 0 Å². The number of sulfonamides is 2. The number of ether oxygens (including phenoxy) is 1. The fourth-order valence-corrected chi connectivity index (χ4v) is 5.42. The Morgan fingerprint density at radius 1 is 0.943 bits per heavy atom. The van der Waals surface area contributed by atoms with Crippen molar-refractivity contribution in [2.45, 2.75) is 31.3 Å². The average molecular weight is 516 g/mol. The molecule has 4 aromatic rings. The standard InChI is InChI=1S/C23H25N5O5S2/c1-4-28-22(24-25-23(28)33-20-11-7-10-19(15-20)27-34(3,29)30)16(2)26-35(31,32)21-13-12-17-8-5-6-9-18(17)14-21/h5-16,26-27H,4H2,1-3H3/t16-/m1/s1. The van der Waals surface area contributed by atoms with Gasteiger partial charge in [0.15, 0.2) is 5.82 Å². The normalized spacial score (nSPS) is 13.0. The number of aromatic nitrogens is 3. The highest BCUT2D eigenvalue weighted by atomic mass is 32.2. The number of nitrogens with one attached hydrogen (secondary N) is 2. The topological polar surface area (TPSA) is 132 Å². The van der Waals surface area contributed by atoms with E-state index < -0.39 is 26.1 Å². The maximum Gasteiger partial charge on any atom is 0.322 e. The molecule has 2 N–H and O–H groups in total. The van der Waals surface area contributed by atoms with Crippen molar-refractivity contribution in [1.29, 1.82) is 0 Å². The summed E-state index contributed by atoms with van der Waals surface area (Å²) in [6.07, 6.45) is 1.06. The maximum absolute atomic E-state index is 13.1. The lowest BCUT2D eigenvalue weighted by atomic mass is 10.1. The highest BCUT2D eigenvalue weighted by Gasteiger charge is 2.24. The van der Waals surface area contributed by atoms with Gasteiger partial charge in [0.05, 0.1) is 22.9 Å². The molecule has 184 valence electrons. The van der Waals surface area contributed by atoms with E-state index in [4.69, 9.17) is 4.74 Å². The number of benzene rings is 3. The van der Waals surface area contributed by atoms with Gasteiger partial charge in [-0.15, -0.1) is 5.10 Å². The predicted molar refractivity (Wildman–Crippen MR) is 133 cm³/mol. The van der Waals surface area contributed by atoms with Crippen molar-refractivity contribution in [3.05, 3.63) is 72.6 Å². The molecule has 0 aliphatic rings. The Labute approximate surface area is 204 Å². The Morgan fingerprint density at radius 3 is 2.40 bits per heavy atom. The Morgan fingerprint density at radius 2 is 1.69 bits per heavy atom. The summed E-state index contributed by atoms with van der Waals surface area (Å²) >= 11 is 0. The lowest BCUT2D eigenvalue weighted by Gasteiger charge is -2.16. The van der Waals surface area contributed by atoms with E-state index in [0.717, 1.165) is 17.0 Å². The number of nitrogens with zero attached hydrogens (tertiary/aromatic N) is 3. The van der Waals surface area contributed by atoms with Gasteiger partial charge in [0.1, 0.15) is 5.75 Å². The highest BCUT2D eigenvalue weighted by Crippen LogP contribution is 2.26. The number of anilines is 1. The van der Waals surface area contributed by atoms with Crippen molar-refractivity contribution >= 4 is 36.5 Å². The van der Waals surface area contributed by atoms with Crippen molar-refractivity contribution in [3.8, 4) is 11.8 Å². The Hall–Kier alpha value is -3.48. The summed E-state index contributed by atoms with van der Waals surface area (Å²) in [6.45, 7) is 3.95. The van der Waals surface area contributed by atoms with Crippen LogP contribution in [0.25, 0.3) is 10.8 Å². The van der Waals surface area contributed by atoms with E-state index in [1.165, 1.54) is 6.07 Å². The molecule has 3 aromatic carbocycles. The zero-order valence-corrected chi connectivity index (χ0v) is 21.0. The van der Waals surface area contributed by atoms with Crippen LogP contribution in [-0.4, -0.2) is 37.9 Å². The molecular weight excluding hydrogens is 490 g/mol. The van der Waals surface area contributed by atoms with Crippen LogP contribution in [0.15, 0.2) is 71.6 Å².